The molecule has 0 radical (unpaired) electrons. The van der Waals surface area contributed by atoms with Gasteiger partial charge in [-0.2, -0.15) is 13.0 Å². The Morgan fingerprint density at radius 1 is 0.905 bits per heavy atom. The second-order valence-corrected chi connectivity index (χ2v) is 13.0. The van der Waals surface area contributed by atoms with E-state index in [1.165, 1.54) is 39.4 Å². The van der Waals surface area contributed by atoms with E-state index < -0.39 is 10.1 Å². The van der Waals surface area contributed by atoms with Gasteiger partial charge in [0.15, 0.2) is 0 Å². The minimum Gasteiger partial charge on any atom is -0.344 e. The van der Waals surface area contributed by atoms with Crippen LogP contribution in [0, 0.1) is 6.92 Å². The number of hydrogen-bond acceptors (Lipinski definition) is 2. The third-order valence-corrected chi connectivity index (χ3v) is 10.2. The summed E-state index contributed by atoms with van der Waals surface area (Å²) in [6.07, 6.45) is 11.3. The monoisotopic (exact) mass is 593 g/mol. The fourth-order valence-electron chi connectivity index (χ4n) is 6.70. The van der Waals surface area contributed by atoms with Gasteiger partial charge < -0.3 is 4.57 Å². The maximum absolute atomic E-state index is 12.0. The summed E-state index contributed by atoms with van der Waals surface area (Å²) < 4.78 is 38.1. The molecular weight excluding hydrogens is 564 g/mol. The van der Waals surface area contributed by atoms with Crippen molar-refractivity contribution in [2.75, 3.05) is 7.05 Å². The summed E-state index contributed by atoms with van der Waals surface area (Å²) in [5.74, 6) is 0. The molecule has 0 spiro atoms. The molecule has 1 aliphatic carbocycles. The third-order valence-electron chi connectivity index (χ3n) is 8.83. The molecule has 0 fully saturated rings. The predicted molar refractivity (Wildman–Crippen MR) is 173 cm³/mol. The van der Waals surface area contributed by atoms with Crippen LogP contribution < -0.4 is 5.35 Å². The van der Waals surface area contributed by atoms with E-state index in [-0.39, 0.29) is 4.90 Å². The van der Waals surface area contributed by atoms with Crippen molar-refractivity contribution in [3.8, 4) is 0 Å². The number of nitrogens with zero attached hydrogens (tertiary/aromatic N) is 2. The smallest absolute Gasteiger partial charge is 0.295 e. The summed E-state index contributed by atoms with van der Waals surface area (Å²) in [4.78, 5) is -0.0777. The molecule has 5 aromatic rings. The molecule has 0 bridgehead atoms. The lowest BCUT2D eigenvalue weighted by molar-refractivity contribution is -0.399. The second kappa shape index (κ2) is 9.80. The van der Waals surface area contributed by atoms with E-state index in [0.29, 0.717) is 5.39 Å². The highest BCUT2D eigenvalue weighted by Gasteiger charge is 2.28. The molecule has 1 N–H and O–H groups in total. The van der Waals surface area contributed by atoms with Crippen LogP contribution in [0.4, 0.5) is 5.69 Å². The van der Waals surface area contributed by atoms with Crippen molar-refractivity contribution in [3.05, 3.63) is 112 Å². The van der Waals surface area contributed by atoms with Gasteiger partial charge in [-0.25, -0.2) is 0 Å². The Hall–Kier alpha value is -3.97. The number of aromatic nitrogens is 1. The summed E-state index contributed by atoms with van der Waals surface area (Å²) in [7, 11) is -0.256. The highest BCUT2D eigenvalue weighted by Crippen LogP contribution is 2.38. The van der Waals surface area contributed by atoms with Gasteiger partial charge in [-0.15, -0.1) is 0 Å². The summed E-state index contributed by atoms with van der Waals surface area (Å²) in [5, 5.41) is 6.58. The fraction of sp³-hybridized carbons (Fsp3) is 0.171. The molecule has 0 atom stereocenters. The summed E-state index contributed by atoms with van der Waals surface area (Å²) in [5.41, 5.74) is 8.01. The quantitative estimate of drug-likeness (QED) is 0.174. The maximum Gasteiger partial charge on any atom is 0.295 e. The zero-order valence-electron chi connectivity index (χ0n) is 23.6. The van der Waals surface area contributed by atoms with Crippen LogP contribution in [-0.4, -0.2) is 34.9 Å². The molecule has 1 aliphatic heterocycles. The van der Waals surface area contributed by atoms with Crippen LogP contribution in [0.5, 0.6) is 0 Å². The molecule has 2 heterocycles. The zero-order chi connectivity index (χ0) is 29.3. The van der Waals surface area contributed by atoms with Crippen molar-refractivity contribution < 1.29 is 17.5 Å². The summed E-state index contributed by atoms with van der Waals surface area (Å²) >= 11 is 7.02. The van der Waals surface area contributed by atoms with Gasteiger partial charge in [0.05, 0.1) is 10.9 Å². The fourth-order valence-corrected chi connectivity index (χ4v) is 7.70. The number of halogens is 1. The van der Waals surface area contributed by atoms with Crippen molar-refractivity contribution in [1.29, 1.82) is 0 Å². The molecule has 7 rings (SSSR count). The molecule has 0 saturated heterocycles. The second-order valence-electron chi connectivity index (χ2n) is 11.2. The summed E-state index contributed by atoms with van der Waals surface area (Å²) in [6.45, 7) is 2.16. The molecule has 7 heteroatoms. The Labute approximate surface area is 249 Å². The van der Waals surface area contributed by atoms with E-state index in [1.807, 2.05) is 19.2 Å². The number of hydrogen-bond donors (Lipinski definition) is 1. The first-order chi connectivity index (χ1) is 20.1. The van der Waals surface area contributed by atoms with Crippen LogP contribution >= 0.6 is 11.6 Å². The zero-order valence-corrected chi connectivity index (χ0v) is 25.2. The topological polar surface area (TPSA) is 62.3 Å². The molecule has 210 valence electrons. The molecule has 5 nitrogen and oxygen atoms in total. The Morgan fingerprint density at radius 3 is 2.48 bits per heavy atom. The van der Waals surface area contributed by atoms with Gasteiger partial charge in [0.2, 0.25) is 11.4 Å². The number of benzene rings is 4. The standard InChI is InChI=1S/C35H29ClN2O3S/c1-21-13-16-30-33-24(21)9-5-10-25(33)28(37(30)2)17-14-22-7-4-8-23(35(22)36)15-18-29-26-11-6-12-27-32(42(39,40)41)20-19-31(34(26)27)38(29)3/h5-6,9-20H,4,7-8H2,1-3H3/p+1. The Balaban J connectivity index is 1.29. The van der Waals surface area contributed by atoms with Crippen LogP contribution in [0.2, 0.25) is 0 Å². The molecule has 4 aromatic carbocycles. The minimum atomic E-state index is -4.34. The highest BCUT2D eigenvalue weighted by atomic mass is 35.5. The lowest BCUT2D eigenvalue weighted by atomic mass is 9.93. The van der Waals surface area contributed by atoms with Crippen molar-refractivity contribution >= 4 is 71.6 Å². The summed E-state index contributed by atoms with van der Waals surface area (Å²) in [6, 6.07) is 19.7. The molecule has 0 unspecified atom stereocenters. The highest BCUT2D eigenvalue weighted by molar-refractivity contribution is 7.86. The first-order valence-corrected chi connectivity index (χ1v) is 15.9. The molecule has 2 aliphatic rings. The number of allylic oxidation sites excluding steroid dienone is 6. The molecule has 0 saturated carbocycles. The van der Waals surface area contributed by atoms with Gasteiger partial charge in [0.1, 0.15) is 11.9 Å². The van der Waals surface area contributed by atoms with Gasteiger partial charge in [-0.3, -0.25) is 4.55 Å². The predicted octanol–water partition coefficient (Wildman–Crippen LogP) is 7.48. The van der Waals surface area contributed by atoms with E-state index in [2.05, 4.69) is 77.7 Å². The normalized spacial score (nSPS) is 17.5. The van der Waals surface area contributed by atoms with Gasteiger partial charge in [0.25, 0.3) is 10.1 Å². The van der Waals surface area contributed by atoms with E-state index in [4.69, 9.17) is 11.6 Å². The van der Waals surface area contributed by atoms with Crippen molar-refractivity contribution in [2.24, 2.45) is 7.05 Å². The van der Waals surface area contributed by atoms with Crippen molar-refractivity contribution in [3.63, 3.8) is 0 Å². The molecule has 42 heavy (non-hydrogen) atoms. The largest absolute Gasteiger partial charge is 0.344 e. The third kappa shape index (κ3) is 4.09. The van der Waals surface area contributed by atoms with Crippen molar-refractivity contribution in [1.82, 2.24) is 4.57 Å². The van der Waals surface area contributed by atoms with E-state index in [9.17, 15) is 13.0 Å². The number of rotatable bonds is 4. The van der Waals surface area contributed by atoms with Crippen LogP contribution in [0.1, 0.15) is 30.4 Å². The Morgan fingerprint density at radius 2 is 1.67 bits per heavy atom. The van der Waals surface area contributed by atoms with Crippen molar-refractivity contribution in [2.45, 2.75) is 31.1 Å². The van der Waals surface area contributed by atoms with Gasteiger partial charge in [-0.05, 0) is 72.6 Å². The lowest BCUT2D eigenvalue weighted by Gasteiger charge is -2.16. The average Bonchev–Trinajstić information content (AvgIpc) is 3.40. The van der Waals surface area contributed by atoms with Crippen LogP contribution in [-0.2, 0) is 17.2 Å². The SMILES string of the molecule is Cc1ccc2c3c(cccc13)C(/C=C/C1=C(Cl)C(=C/C=c3/c4cccc5c(S(=O)(=O)O)ccc(c54)n3C)/CCC1)=[N+]2C. The van der Waals surface area contributed by atoms with E-state index in [1.54, 1.807) is 12.1 Å². The Bertz CT molecular complexity index is 2290. The first kappa shape index (κ1) is 26.9. The molecule has 0 amide bonds. The van der Waals surface area contributed by atoms with Gasteiger partial charge in [0, 0.05) is 51.2 Å². The van der Waals surface area contributed by atoms with Crippen LogP contribution in [0.15, 0.2) is 100.0 Å². The van der Waals surface area contributed by atoms with E-state index >= 15 is 0 Å². The molecule has 1 aromatic heterocycles. The number of aryl methyl sites for hydroxylation is 2. The average molecular weight is 594 g/mol. The minimum absolute atomic E-state index is 0.0777. The maximum atomic E-state index is 12.0. The van der Waals surface area contributed by atoms with E-state index in [0.717, 1.165) is 57.1 Å². The van der Waals surface area contributed by atoms with Crippen LogP contribution in [0.25, 0.3) is 38.5 Å². The van der Waals surface area contributed by atoms with Gasteiger partial charge in [-0.1, -0.05) is 60.2 Å². The first-order valence-electron chi connectivity index (χ1n) is 14.0. The lowest BCUT2D eigenvalue weighted by Crippen LogP contribution is -2.11. The van der Waals surface area contributed by atoms with Crippen LogP contribution in [0.3, 0.4) is 0 Å². The Kier molecular flexibility index (Phi) is 6.28. The molecular formula is C35H30ClN2O3S+. The van der Waals surface area contributed by atoms with Gasteiger partial charge >= 0.3 is 0 Å².